The Kier molecular flexibility index (Phi) is 4.03. The van der Waals surface area contributed by atoms with Crippen LogP contribution >= 0.6 is 0 Å². The van der Waals surface area contributed by atoms with E-state index in [0.29, 0.717) is 12.8 Å². The highest BCUT2D eigenvalue weighted by Gasteiger charge is 2.52. The maximum absolute atomic E-state index is 13.1. The van der Waals surface area contributed by atoms with Crippen molar-refractivity contribution in [2.45, 2.75) is 32.1 Å². The van der Waals surface area contributed by atoms with E-state index in [0.717, 1.165) is 16.8 Å². The largest absolute Gasteiger partial charge is 0.325 e. The predicted molar refractivity (Wildman–Crippen MR) is 91.3 cm³/mol. The number of rotatable bonds is 3. The summed E-state index contributed by atoms with van der Waals surface area (Å²) in [6.45, 7) is 3.88. The molecule has 1 aliphatic carbocycles. The first-order chi connectivity index (χ1) is 11.0. The fraction of sp³-hybridized carbons (Fsp3) is 0.300. The molecule has 1 saturated carbocycles. The quantitative estimate of drug-likeness (QED) is 0.935. The minimum absolute atomic E-state index is 0.0918. The van der Waals surface area contributed by atoms with Gasteiger partial charge in [0.15, 0.2) is 0 Å². The molecule has 0 spiro atoms. The van der Waals surface area contributed by atoms with Gasteiger partial charge in [0.1, 0.15) is 5.78 Å². The van der Waals surface area contributed by atoms with Gasteiger partial charge in [-0.1, -0.05) is 55.0 Å². The van der Waals surface area contributed by atoms with E-state index in [1.54, 1.807) is 0 Å². The van der Waals surface area contributed by atoms with Crippen LogP contribution in [0.3, 0.4) is 0 Å². The number of amides is 1. The van der Waals surface area contributed by atoms with Crippen LogP contribution < -0.4 is 5.32 Å². The first kappa shape index (κ1) is 15.5. The van der Waals surface area contributed by atoms with Crippen molar-refractivity contribution in [1.82, 2.24) is 0 Å². The van der Waals surface area contributed by atoms with E-state index in [4.69, 9.17) is 0 Å². The molecule has 0 heterocycles. The fourth-order valence-electron chi connectivity index (χ4n) is 3.48. The summed E-state index contributed by atoms with van der Waals surface area (Å²) in [7, 11) is 0. The summed E-state index contributed by atoms with van der Waals surface area (Å²) in [5.74, 6) is -0.242. The SMILES string of the molecule is Cc1ccc(NC(=O)[C@@]2(c3ccccc3)CCC(=O)[C@H]2C)cc1. The van der Waals surface area contributed by atoms with Crippen LogP contribution in [-0.2, 0) is 15.0 Å². The predicted octanol–water partition coefficient (Wildman–Crippen LogP) is 3.87. The Bertz CT molecular complexity index is 721. The summed E-state index contributed by atoms with van der Waals surface area (Å²) in [4.78, 5) is 25.3. The Hall–Kier alpha value is -2.42. The molecule has 23 heavy (non-hydrogen) atoms. The van der Waals surface area contributed by atoms with E-state index in [9.17, 15) is 9.59 Å². The van der Waals surface area contributed by atoms with Gasteiger partial charge in [0.2, 0.25) is 5.91 Å². The smallest absolute Gasteiger partial charge is 0.235 e. The van der Waals surface area contributed by atoms with Crippen LogP contribution in [0.5, 0.6) is 0 Å². The van der Waals surface area contributed by atoms with E-state index >= 15 is 0 Å². The van der Waals surface area contributed by atoms with Crippen molar-refractivity contribution in [3.8, 4) is 0 Å². The Labute approximate surface area is 136 Å². The summed E-state index contributed by atoms with van der Waals surface area (Å²) < 4.78 is 0. The number of benzene rings is 2. The minimum Gasteiger partial charge on any atom is -0.325 e. The number of nitrogens with one attached hydrogen (secondary N) is 1. The van der Waals surface area contributed by atoms with E-state index in [2.05, 4.69) is 5.32 Å². The van der Waals surface area contributed by atoms with Crippen LogP contribution in [0.4, 0.5) is 5.69 Å². The van der Waals surface area contributed by atoms with Gasteiger partial charge < -0.3 is 5.32 Å². The van der Waals surface area contributed by atoms with Crippen molar-refractivity contribution < 1.29 is 9.59 Å². The Morgan fingerprint density at radius 1 is 1.09 bits per heavy atom. The first-order valence-corrected chi connectivity index (χ1v) is 8.00. The summed E-state index contributed by atoms with van der Waals surface area (Å²) >= 11 is 0. The van der Waals surface area contributed by atoms with Crippen molar-refractivity contribution in [1.29, 1.82) is 0 Å². The lowest BCUT2D eigenvalue weighted by Crippen LogP contribution is -2.43. The van der Waals surface area contributed by atoms with E-state index < -0.39 is 5.41 Å². The maximum Gasteiger partial charge on any atom is 0.235 e. The number of Topliss-reactive ketones (excluding diaryl/α,β-unsaturated/α-hetero) is 1. The van der Waals surface area contributed by atoms with Gasteiger partial charge in [0, 0.05) is 18.0 Å². The van der Waals surface area contributed by atoms with E-state index in [1.807, 2.05) is 68.4 Å². The molecular formula is C20H21NO2. The molecule has 1 amide bonds. The second kappa shape index (κ2) is 5.99. The fourth-order valence-corrected chi connectivity index (χ4v) is 3.48. The standard InChI is InChI=1S/C20H21NO2/c1-14-8-10-17(11-9-14)21-19(23)20(13-12-18(22)15(20)2)16-6-4-3-5-7-16/h3-11,15H,12-13H2,1-2H3,(H,21,23)/t15-,20+/m1/s1. The van der Waals surface area contributed by atoms with Crippen molar-refractivity contribution >= 4 is 17.4 Å². The van der Waals surface area contributed by atoms with Gasteiger partial charge in [-0.25, -0.2) is 0 Å². The molecule has 3 nitrogen and oxygen atoms in total. The lowest BCUT2D eigenvalue weighted by molar-refractivity contribution is -0.127. The number of carbonyl (C=O) groups excluding carboxylic acids is 2. The molecule has 1 N–H and O–H groups in total. The molecule has 118 valence electrons. The Balaban J connectivity index is 1.97. The molecule has 0 bridgehead atoms. The average molecular weight is 307 g/mol. The summed E-state index contributed by atoms with van der Waals surface area (Å²) in [5.41, 5.74) is 2.05. The van der Waals surface area contributed by atoms with Crippen molar-refractivity contribution in [2.24, 2.45) is 5.92 Å². The molecular weight excluding hydrogens is 286 g/mol. The van der Waals surface area contributed by atoms with E-state index in [-0.39, 0.29) is 17.6 Å². The molecule has 0 radical (unpaired) electrons. The summed E-state index contributed by atoms with van der Waals surface area (Å²) in [5, 5.41) is 3.01. The highest BCUT2D eigenvalue weighted by molar-refractivity contribution is 6.05. The van der Waals surface area contributed by atoms with Crippen LogP contribution in [-0.4, -0.2) is 11.7 Å². The molecule has 2 atom stereocenters. The van der Waals surface area contributed by atoms with Crippen molar-refractivity contribution in [3.63, 3.8) is 0 Å². The molecule has 0 aromatic heterocycles. The lowest BCUT2D eigenvalue weighted by atomic mass is 9.72. The monoisotopic (exact) mass is 307 g/mol. The lowest BCUT2D eigenvalue weighted by Gasteiger charge is -2.32. The van der Waals surface area contributed by atoms with Crippen LogP contribution in [0, 0.1) is 12.8 Å². The highest BCUT2D eigenvalue weighted by atomic mass is 16.2. The molecule has 2 aromatic rings. The second-order valence-electron chi connectivity index (χ2n) is 6.35. The zero-order chi connectivity index (χ0) is 16.4. The topological polar surface area (TPSA) is 46.2 Å². The zero-order valence-electron chi connectivity index (χ0n) is 13.5. The Morgan fingerprint density at radius 2 is 1.74 bits per heavy atom. The van der Waals surface area contributed by atoms with Crippen LogP contribution in [0.25, 0.3) is 0 Å². The van der Waals surface area contributed by atoms with Crippen LogP contribution in [0.1, 0.15) is 30.9 Å². The summed E-state index contributed by atoms with van der Waals surface area (Å²) in [6, 6.07) is 17.4. The van der Waals surface area contributed by atoms with Gasteiger partial charge in [-0.15, -0.1) is 0 Å². The number of hydrogen-bond acceptors (Lipinski definition) is 2. The zero-order valence-corrected chi connectivity index (χ0v) is 13.5. The molecule has 3 heteroatoms. The number of ketones is 1. The number of aryl methyl sites for hydroxylation is 1. The highest BCUT2D eigenvalue weighted by Crippen LogP contribution is 2.44. The molecule has 1 fully saturated rings. The average Bonchev–Trinajstić information content (AvgIpc) is 2.87. The second-order valence-corrected chi connectivity index (χ2v) is 6.35. The Morgan fingerprint density at radius 3 is 2.30 bits per heavy atom. The van der Waals surface area contributed by atoms with Crippen LogP contribution in [0.15, 0.2) is 54.6 Å². The van der Waals surface area contributed by atoms with E-state index in [1.165, 1.54) is 0 Å². The maximum atomic E-state index is 13.1. The number of hydrogen-bond donors (Lipinski definition) is 1. The van der Waals surface area contributed by atoms with Crippen molar-refractivity contribution in [3.05, 3.63) is 65.7 Å². The first-order valence-electron chi connectivity index (χ1n) is 8.00. The molecule has 0 unspecified atom stereocenters. The van der Waals surface area contributed by atoms with Crippen molar-refractivity contribution in [2.75, 3.05) is 5.32 Å². The third-order valence-corrected chi connectivity index (χ3v) is 4.99. The van der Waals surface area contributed by atoms with Gasteiger partial charge >= 0.3 is 0 Å². The van der Waals surface area contributed by atoms with Gasteiger partial charge in [0.25, 0.3) is 0 Å². The van der Waals surface area contributed by atoms with Gasteiger partial charge in [-0.05, 0) is 31.0 Å². The van der Waals surface area contributed by atoms with Gasteiger partial charge in [-0.3, -0.25) is 9.59 Å². The summed E-state index contributed by atoms with van der Waals surface area (Å²) in [6.07, 6.45) is 1.02. The minimum atomic E-state index is -0.775. The third-order valence-electron chi connectivity index (χ3n) is 4.99. The molecule has 3 rings (SSSR count). The molecule has 0 saturated heterocycles. The molecule has 0 aliphatic heterocycles. The molecule has 1 aliphatic rings. The number of carbonyl (C=O) groups is 2. The van der Waals surface area contributed by atoms with Gasteiger partial charge in [-0.2, -0.15) is 0 Å². The van der Waals surface area contributed by atoms with Gasteiger partial charge in [0.05, 0.1) is 5.41 Å². The third kappa shape index (κ3) is 2.67. The van der Waals surface area contributed by atoms with Crippen LogP contribution in [0.2, 0.25) is 0 Å². The normalized spacial score (nSPS) is 23.7. The molecule has 2 aromatic carbocycles. The number of anilines is 1.